The maximum absolute atomic E-state index is 13.7. The predicted octanol–water partition coefficient (Wildman–Crippen LogP) is 5.64. The lowest BCUT2D eigenvalue weighted by atomic mass is 9.78. The molecule has 30 heavy (non-hydrogen) atoms. The molecule has 0 radical (unpaired) electrons. The average molecular weight is 420 g/mol. The highest BCUT2D eigenvalue weighted by Gasteiger charge is 2.45. The third-order valence-corrected chi connectivity index (χ3v) is 8.60. The summed E-state index contributed by atoms with van der Waals surface area (Å²) in [4.78, 5) is 0. The lowest BCUT2D eigenvalue weighted by Crippen LogP contribution is -2.48. The van der Waals surface area contributed by atoms with E-state index in [9.17, 15) is 8.42 Å². The molecule has 0 saturated heterocycles. The fourth-order valence-corrected chi connectivity index (χ4v) is 7.30. The van der Waals surface area contributed by atoms with E-state index in [2.05, 4.69) is 24.3 Å². The molecule has 1 aliphatic heterocycles. The second-order valence-corrected chi connectivity index (χ2v) is 10.7. The number of nitrogens with zero attached hydrogens (tertiary/aromatic N) is 1. The van der Waals surface area contributed by atoms with Gasteiger partial charge >= 0.3 is 0 Å². The van der Waals surface area contributed by atoms with Gasteiger partial charge in [-0.15, -0.1) is 0 Å². The lowest BCUT2D eigenvalue weighted by molar-refractivity contribution is 0.401. The maximum Gasteiger partial charge on any atom is 0.239 e. The molecular formula is C26H29NO2S. The van der Waals surface area contributed by atoms with Gasteiger partial charge in [-0.05, 0) is 55.2 Å². The van der Waals surface area contributed by atoms with Gasteiger partial charge in [-0.25, -0.2) is 8.42 Å². The van der Waals surface area contributed by atoms with Crippen molar-refractivity contribution in [3.63, 3.8) is 0 Å². The maximum atomic E-state index is 13.7. The van der Waals surface area contributed by atoms with Gasteiger partial charge in [0.05, 0.1) is 17.5 Å². The zero-order valence-electron chi connectivity index (χ0n) is 17.3. The molecule has 0 aromatic heterocycles. The molecule has 5 rings (SSSR count). The van der Waals surface area contributed by atoms with Crippen LogP contribution in [0.4, 0.5) is 5.69 Å². The number of anilines is 1. The number of allylic oxidation sites excluding steroid dienone is 3. The quantitative estimate of drug-likeness (QED) is 0.601. The Kier molecular flexibility index (Phi) is 5.28. The lowest BCUT2D eigenvalue weighted by Gasteiger charge is -2.41. The molecule has 4 heteroatoms. The van der Waals surface area contributed by atoms with E-state index in [1.54, 1.807) is 4.31 Å². The predicted molar refractivity (Wildman–Crippen MR) is 123 cm³/mol. The minimum Gasteiger partial charge on any atom is -0.262 e. The second kappa shape index (κ2) is 8.07. The molecule has 2 aliphatic carbocycles. The summed E-state index contributed by atoms with van der Waals surface area (Å²) in [5.41, 5.74) is 4.37. The molecule has 0 bridgehead atoms. The fourth-order valence-electron chi connectivity index (χ4n) is 5.47. The molecule has 1 heterocycles. The first-order chi connectivity index (χ1) is 14.6. The van der Waals surface area contributed by atoms with E-state index in [1.807, 2.05) is 48.5 Å². The third-order valence-electron chi connectivity index (χ3n) is 6.87. The van der Waals surface area contributed by atoms with Crippen molar-refractivity contribution >= 4 is 15.7 Å². The minimum atomic E-state index is -3.50. The highest BCUT2D eigenvalue weighted by molar-refractivity contribution is 7.92. The third kappa shape index (κ3) is 3.62. The van der Waals surface area contributed by atoms with Gasteiger partial charge < -0.3 is 0 Å². The molecule has 2 aromatic carbocycles. The minimum absolute atomic E-state index is 0.0343. The highest BCUT2D eigenvalue weighted by Crippen LogP contribution is 2.46. The first-order valence-electron chi connectivity index (χ1n) is 11.1. The largest absolute Gasteiger partial charge is 0.262 e. The summed E-state index contributed by atoms with van der Waals surface area (Å²) >= 11 is 0. The van der Waals surface area contributed by atoms with Crippen LogP contribution in [-0.4, -0.2) is 14.5 Å². The van der Waals surface area contributed by atoms with Crippen molar-refractivity contribution in [1.29, 1.82) is 0 Å². The van der Waals surface area contributed by atoms with Crippen LogP contribution in [0.25, 0.3) is 0 Å². The van der Waals surface area contributed by atoms with E-state index in [-0.39, 0.29) is 17.7 Å². The van der Waals surface area contributed by atoms with Crippen LogP contribution in [0.1, 0.15) is 43.2 Å². The molecule has 3 nitrogen and oxygen atoms in total. The van der Waals surface area contributed by atoms with Crippen molar-refractivity contribution in [3.05, 3.63) is 89.5 Å². The molecule has 0 amide bonds. The van der Waals surface area contributed by atoms with E-state index in [0.29, 0.717) is 5.92 Å². The van der Waals surface area contributed by atoms with Crippen LogP contribution in [0.3, 0.4) is 0 Å². The van der Waals surface area contributed by atoms with Crippen molar-refractivity contribution in [2.75, 3.05) is 4.31 Å². The second-order valence-electron chi connectivity index (χ2n) is 8.81. The van der Waals surface area contributed by atoms with Gasteiger partial charge in [0.25, 0.3) is 0 Å². The van der Waals surface area contributed by atoms with Gasteiger partial charge in [0, 0.05) is 5.92 Å². The summed E-state index contributed by atoms with van der Waals surface area (Å²) in [7, 11) is -3.50. The number of hydrogen-bond acceptors (Lipinski definition) is 2. The van der Waals surface area contributed by atoms with Crippen LogP contribution in [0.5, 0.6) is 0 Å². The number of hydrogen-bond donors (Lipinski definition) is 0. The Bertz CT molecular complexity index is 1070. The summed E-state index contributed by atoms with van der Waals surface area (Å²) in [5.74, 6) is 0.678. The Hall–Kier alpha value is -2.33. The van der Waals surface area contributed by atoms with E-state index >= 15 is 0 Å². The molecule has 3 aliphatic rings. The van der Waals surface area contributed by atoms with Crippen LogP contribution >= 0.6 is 0 Å². The van der Waals surface area contributed by atoms with Gasteiger partial charge in [0.2, 0.25) is 10.0 Å². The molecule has 156 valence electrons. The normalized spacial score (nSPS) is 25.9. The van der Waals surface area contributed by atoms with E-state index in [1.165, 1.54) is 24.8 Å². The smallest absolute Gasteiger partial charge is 0.239 e. The Morgan fingerprint density at radius 3 is 2.57 bits per heavy atom. The van der Waals surface area contributed by atoms with Crippen molar-refractivity contribution in [1.82, 2.24) is 0 Å². The monoisotopic (exact) mass is 419 g/mol. The van der Waals surface area contributed by atoms with Gasteiger partial charge in [0.15, 0.2) is 0 Å². The topological polar surface area (TPSA) is 37.4 Å². The number of fused-ring (bicyclic) bond motifs is 2. The Balaban J connectivity index is 1.52. The average Bonchev–Trinajstić information content (AvgIpc) is 2.97. The Morgan fingerprint density at radius 1 is 0.900 bits per heavy atom. The van der Waals surface area contributed by atoms with Crippen LogP contribution in [0, 0.1) is 11.8 Å². The Labute approximate surface area is 180 Å². The van der Waals surface area contributed by atoms with Crippen molar-refractivity contribution in [2.24, 2.45) is 11.8 Å². The zero-order valence-corrected chi connectivity index (χ0v) is 18.1. The van der Waals surface area contributed by atoms with Gasteiger partial charge in [-0.3, -0.25) is 4.31 Å². The number of sulfonamides is 1. The fraction of sp³-hybridized carbons (Fsp3) is 0.385. The molecule has 3 unspecified atom stereocenters. The van der Waals surface area contributed by atoms with Crippen LogP contribution in [-0.2, 0) is 22.2 Å². The van der Waals surface area contributed by atoms with E-state index in [4.69, 9.17) is 0 Å². The van der Waals surface area contributed by atoms with E-state index < -0.39 is 10.0 Å². The van der Waals surface area contributed by atoms with Gasteiger partial charge in [-0.1, -0.05) is 78.8 Å². The SMILES string of the molecule is O=S(=O)(Cc1ccccc1)N1c2ccccc2CC2C(C3=CCCCCC3)C=CC21. The standard InChI is InChI=1S/C26H29NO2S/c28-30(29,19-20-10-4-3-5-11-20)27-25-15-9-8-14-22(25)18-24-23(16-17-26(24)27)21-12-6-1-2-7-13-21/h3-5,8-12,14-17,23-24,26H,1-2,6-7,13,18-19H2. The summed E-state index contributed by atoms with van der Waals surface area (Å²) in [6.45, 7) is 0. The van der Waals surface area contributed by atoms with Crippen LogP contribution < -0.4 is 4.31 Å². The van der Waals surface area contributed by atoms with Crippen molar-refractivity contribution in [2.45, 2.75) is 50.3 Å². The highest BCUT2D eigenvalue weighted by atomic mass is 32.2. The molecule has 0 saturated carbocycles. The summed E-state index contributed by atoms with van der Waals surface area (Å²) in [6, 6.07) is 17.5. The van der Waals surface area contributed by atoms with Crippen LogP contribution in [0.2, 0.25) is 0 Å². The van der Waals surface area contributed by atoms with Crippen molar-refractivity contribution in [3.8, 4) is 0 Å². The first-order valence-corrected chi connectivity index (χ1v) is 12.8. The number of rotatable bonds is 4. The molecule has 0 N–H and O–H groups in total. The van der Waals surface area contributed by atoms with Crippen LogP contribution in [0.15, 0.2) is 78.4 Å². The molecule has 0 spiro atoms. The molecular weight excluding hydrogens is 390 g/mol. The summed E-state index contributed by atoms with van der Waals surface area (Å²) in [6.07, 6.45) is 14.0. The molecule has 0 fully saturated rings. The van der Waals surface area contributed by atoms with E-state index in [0.717, 1.165) is 36.1 Å². The van der Waals surface area contributed by atoms with Gasteiger partial charge in [-0.2, -0.15) is 0 Å². The number of para-hydroxylation sites is 1. The summed E-state index contributed by atoms with van der Waals surface area (Å²) < 4.78 is 29.1. The zero-order chi connectivity index (χ0) is 20.6. The summed E-state index contributed by atoms with van der Waals surface area (Å²) in [5, 5.41) is 0. The molecule has 2 aromatic rings. The van der Waals surface area contributed by atoms with Crippen molar-refractivity contribution < 1.29 is 8.42 Å². The first kappa shape index (κ1) is 19.6. The Morgan fingerprint density at radius 2 is 1.70 bits per heavy atom. The molecule has 3 atom stereocenters. The number of benzene rings is 2. The van der Waals surface area contributed by atoms with Gasteiger partial charge in [0.1, 0.15) is 0 Å².